The Hall–Kier alpha value is -1.80. The Morgan fingerprint density at radius 3 is 1.75 bits per heavy atom. The topological polar surface area (TPSA) is 66.4 Å². The third-order valence-corrected chi connectivity index (χ3v) is 4.85. The molecule has 0 radical (unpaired) electrons. The van der Waals surface area contributed by atoms with Crippen molar-refractivity contribution >= 4 is 0 Å². The zero-order valence-corrected chi connectivity index (χ0v) is 16.3. The summed E-state index contributed by atoms with van der Waals surface area (Å²) in [6.07, 6.45) is -2.70. The highest BCUT2D eigenvalue weighted by Gasteiger charge is 2.48. The second-order valence-corrected chi connectivity index (χ2v) is 6.68. The van der Waals surface area contributed by atoms with Gasteiger partial charge in [0.1, 0.15) is 24.4 Å². The number of aliphatic hydroxyl groups excluding tert-OH is 1. The molecule has 5 atom stereocenters. The predicted molar refractivity (Wildman–Crippen MR) is 104 cm³/mol. The monoisotopic (exact) mass is 388 g/mol. The Morgan fingerprint density at radius 1 is 0.750 bits per heavy atom. The second-order valence-electron chi connectivity index (χ2n) is 6.68. The first-order chi connectivity index (χ1) is 13.8. The van der Waals surface area contributed by atoms with E-state index in [9.17, 15) is 5.11 Å². The maximum Gasteiger partial charge on any atom is 0.186 e. The van der Waals surface area contributed by atoms with Crippen molar-refractivity contribution in [1.82, 2.24) is 0 Å². The van der Waals surface area contributed by atoms with E-state index in [2.05, 4.69) is 0 Å². The first kappa shape index (κ1) is 20.9. The van der Waals surface area contributed by atoms with Crippen LogP contribution in [0.3, 0.4) is 0 Å². The summed E-state index contributed by atoms with van der Waals surface area (Å²) in [5, 5.41) is 9.88. The summed E-state index contributed by atoms with van der Waals surface area (Å²) >= 11 is 0. The van der Waals surface area contributed by atoms with Crippen LogP contribution in [0.4, 0.5) is 0 Å². The van der Waals surface area contributed by atoms with E-state index in [1.54, 1.807) is 14.2 Å². The molecule has 0 amide bonds. The van der Waals surface area contributed by atoms with Gasteiger partial charge in [0.2, 0.25) is 0 Å². The maximum atomic E-state index is 9.88. The van der Waals surface area contributed by atoms with E-state index in [1.165, 1.54) is 0 Å². The Kier molecular flexibility index (Phi) is 7.97. The molecule has 28 heavy (non-hydrogen) atoms. The molecule has 6 nitrogen and oxygen atoms in total. The molecule has 1 aliphatic rings. The van der Waals surface area contributed by atoms with Gasteiger partial charge in [-0.2, -0.15) is 0 Å². The lowest BCUT2D eigenvalue weighted by atomic mass is 9.98. The minimum Gasteiger partial charge on any atom is -0.394 e. The fourth-order valence-electron chi connectivity index (χ4n) is 3.39. The number of methoxy groups -OCH3 is 2. The summed E-state index contributed by atoms with van der Waals surface area (Å²) < 4.78 is 29.3. The number of benzene rings is 2. The van der Waals surface area contributed by atoms with Gasteiger partial charge in [-0.25, -0.2) is 0 Å². The van der Waals surface area contributed by atoms with Crippen LogP contribution in [-0.2, 0) is 36.9 Å². The largest absolute Gasteiger partial charge is 0.394 e. The molecule has 0 unspecified atom stereocenters. The van der Waals surface area contributed by atoms with Gasteiger partial charge in [0.15, 0.2) is 6.29 Å². The van der Waals surface area contributed by atoms with Gasteiger partial charge in [-0.15, -0.1) is 0 Å². The third kappa shape index (κ3) is 5.17. The van der Waals surface area contributed by atoms with Crippen molar-refractivity contribution in [3.05, 3.63) is 71.8 Å². The molecule has 2 aromatic rings. The van der Waals surface area contributed by atoms with E-state index in [0.29, 0.717) is 13.2 Å². The lowest BCUT2D eigenvalue weighted by Crippen LogP contribution is -2.61. The van der Waals surface area contributed by atoms with Crippen LogP contribution >= 0.6 is 0 Å². The number of ether oxygens (including phenoxy) is 5. The minimum absolute atomic E-state index is 0.207. The van der Waals surface area contributed by atoms with Crippen LogP contribution in [0.25, 0.3) is 0 Å². The summed E-state index contributed by atoms with van der Waals surface area (Å²) in [6.45, 7) is 0.566. The first-order valence-electron chi connectivity index (χ1n) is 9.39. The first-order valence-corrected chi connectivity index (χ1v) is 9.39. The molecule has 0 bridgehead atoms. The zero-order chi connectivity index (χ0) is 19.8. The number of hydrogen-bond donors (Lipinski definition) is 1. The highest BCUT2D eigenvalue weighted by Crippen LogP contribution is 2.29. The Morgan fingerprint density at radius 2 is 1.29 bits per heavy atom. The van der Waals surface area contributed by atoms with Crippen molar-refractivity contribution in [2.75, 3.05) is 20.8 Å². The van der Waals surface area contributed by atoms with Gasteiger partial charge in [0.05, 0.1) is 19.8 Å². The summed E-state index contributed by atoms with van der Waals surface area (Å²) in [5.74, 6) is 0. The SMILES string of the molecule is CO[C@H]1O[C@H](CO)[C@@H](OCc2ccccc2)[C@H](OCc2ccccc2)[C@@H]1OC. The summed E-state index contributed by atoms with van der Waals surface area (Å²) in [5.41, 5.74) is 2.07. The average molecular weight is 388 g/mol. The van der Waals surface area contributed by atoms with Gasteiger partial charge in [-0.05, 0) is 11.1 Å². The zero-order valence-electron chi connectivity index (χ0n) is 16.3. The molecule has 1 N–H and O–H groups in total. The molecule has 6 heteroatoms. The van der Waals surface area contributed by atoms with Crippen molar-refractivity contribution in [2.45, 2.75) is 43.9 Å². The molecular formula is C22H28O6. The lowest BCUT2D eigenvalue weighted by molar-refractivity contribution is -0.315. The Labute approximate surface area is 165 Å². The van der Waals surface area contributed by atoms with Crippen LogP contribution < -0.4 is 0 Å². The molecule has 1 heterocycles. The van der Waals surface area contributed by atoms with E-state index >= 15 is 0 Å². The molecule has 0 saturated carbocycles. The van der Waals surface area contributed by atoms with Crippen molar-refractivity contribution < 1.29 is 28.8 Å². The van der Waals surface area contributed by atoms with Crippen LogP contribution in [0.2, 0.25) is 0 Å². The highest BCUT2D eigenvalue weighted by atomic mass is 16.7. The van der Waals surface area contributed by atoms with Gasteiger partial charge < -0.3 is 28.8 Å². The molecule has 3 rings (SSSR count). The van der Waals surface area contributed by atoms with E-state index in [0.717, 1.165) is 11.1 Å². The number of aliphatic hydroxyl groups is 1. The van der Waals surface area contributed by atoms with Gasteiger partial charge in [-0.1, -0.05) is 60.7 Å². The van der Waals surface area contributed by atoms with Gasteiger partial charge in [-0.3, -0.25) is 0 Å². The molecular weight excluding hydrogens is 360 g/mol. The van der Waals surface area contributed by atoms with Crippen molar-refractivity contribution in [3.8, 4) is 0 Å². The van der Waals surface area contributed by atoms with Crippen molar-refractivity contribution in [3.63, 3.8) is 0 Å². The molecule has 152 valence electrons. The van der Waals surface area contributed by atoms with E-state index < -0.39 is 30.7 Å². The lowest BCUT2D eigenvalue weighted by Gasteiger charge is -2.44. The van der Waals surface area contributed by atoms with Crippen LogP contribution in [-0.4, -0.2) is 56.6 Å². The van der Waals surface area contributed by atoms with Crippen molar-refractivity contribution in [1.29, 1.82) is 0 Å². The fraction of sp³-hybridized carbons (Fsp3) is 0.455. The van der Waals surface area contributed by atoms with Crippen LogP contribution in [0.1, 0.15) is 11.1 Å². The van der Waals surface area contributed by atoms with Crippen LogP contribution in [0.15, 0.2) is 60.7 Å². The Balaban J connectivity index is 1.77. The average Bonchev–Trinajstić information content (AvgIpc) is 2.76. The molecule has 0 spiro atoms. The summed E-state index contributed by atoms with van der Waals surface area (Å²) in [6, 6.07) is 19.7. The second kappa shape index (κ2) is 10.7. The molecule has 2 aromatic carbocycles. The standard InChI is InChI=1S/C22H28O6/c1-24-21-20(27-15-17-11-7-4-8-12-17)19(18(13-23)28-22(21)25-2)26-14-16-9-5-3-6-10-16/h3-12,18-23H,13-15H2,1-2H3/t18-,19-,20+,21+,22+/m1/s1. The van der Waals surface area contributed by atoms with E-state index in [4.69, 9.17) is 23.7 Å². The smallest absolute Gasteiger partial charge is 0.186 e. The van der Waals surface area contributed by atoms with Gasteiger partial charge >= 0.3 is 0 Å². The van der Waals surface area contributed by atoms with Gasteiger partial charge in [0, 0.05) is 14.2 Å². The molecule has 1 aliphatic heterocycles. The summed E-state index contributed by atoms with van der Waals surface area (Å²) in [4.78, 5) is 0. The normalized spacial score (nSPS) is 27.6. The van der Waals surface area contributed by atoms with Gasteiger partial charge in [0.25, 0.3) is 0 Å². The Bertz CT molecular complexity index is 680. The maximum absolute atomic E-state index is 9.88. The molecule has 1 saturated heterocycles. The number of rotatable bonds is 9. The quantitative estimate of drug-likeness (QED) is 0.712. The van der Waals surface area contributed by atoms with E-state index in [-0.39, 0.29) is 6.61 Å². The fourth-order valence-corrected chi connectivity index (χ4v) is 3.39. The van der Waals surface area contributed by atoms with Crippen molar-refractivity contribution in [2.24, 2.45) is 0 Å². The molecule has 0 aliphatic carbocycles. The molecule has 0 aromatic heterocycles. The highest BCUT2D eigenvalue weighted by molar-refractivity contribution is 5.14. The molecule has 1 fully saturated rings. The third-order valence-electron chi connectivity index (χ3n) is 4.85. The summed E-state index contributed by atoms with van der Waals surface area (Å²) in [7, 11) is 3.14. The number of hydrogen-bond acceptors (Lipinski definition) is 6. The van der Waals surface area contributed by atoms with E-state index in [1.807, 2.05) is 60.7 Å². The minimum atomic E-state index is -0.653. The van der Waals surface area contributed by atoms with Crippen LogP contribution in [0.5, 0.6) is 0 Å². The van der Waals surface area contributed by atoms with Crippen LogP contribution in [0, 0.1) is 0 Å². The predicted octanol–water partition coefficient (Wildman–Crippen LogP) is 2.54.